The number of rotatable bonds is 1. The first-order valence-corrected chi connectivity index (χ1v) is 6.15. The Hall–Kier alpha value is -1.95. The summed E-state index contributed by atoms with van der Waals surface area (Å²) in [5, 5.41) is 4.59. The number of aromatic nitrogens is 2. The van der Waals surface area contributed by atoms with E-state index >= 15 is 0 Å². The van der Waals surface area contributed by atoms with Crippen molar-refractivity contribution in [3.05, 3.63) is 33.0 Å². The van der Waals surface area contributed by atoms with E-state index in [0.29, 0.717) is 29.0 Å². The summed E-state index contributed by atoms with van der Waals surface area (Å²) in [6.07, 6.45) is 0. The van der Waals surface area contributed by atoms with E-state index in [4.69, 9.17) is 11.6 Å². The van der Waals surface area contributed by atoms with Crippen LogP contribution in [0.5, 0.6) is 0 Å². The fourth-order valence-electron chi connectivity index (χ4n) is 2.24. The Morgan fingerprint density at radius 3 is 2.95 bits per heavy atom. The zero-order chi connectivity index (χ0) is 13.7. The second kappa shape index (κ2) is 4.03. The summed E-state index contributed by atoms with van der Waals surface area (Å²) < 4.78 is 15.5. The van der Waals surface area contributed by atoms with Gasteiger partial charge in [-0.15, -0.1) is 0 Å². The van der Waals surface area contributed by atoms with Gasteiger partial charge in [-0.05, 0) is 19.9 Å². The zero-order valence-electron chi connectivity index (χ0n) is 10.3. The molecular formula is C12H10ClFN4O. The molecule has 0 aliphatic carbocycles. The number of hydrogen-bond donors (Lipinski definition) is 1. The van der Waals surface area contributed by atoms with Gasteiger partial charge >= 0.3 is 5.69 Å². The number of hydrogen-bond acceptors (Lipinski definition) is 4. The van der Waals surface area contributed by atoms with Gasteiger partial charge in [0.2, 0.25) is 0 Å². The van der Waals surface area contributed by atoms with E-state index in [-0.39, 0.29) is 10.5 Å². The molecule has 0 radical (unpaired) electrons. The van der Waals surface area contributed by atoms with E-state index in [9.17, 15) is 9.18 Å². The van der Waals surface area contributed by atoms with Gasteiger partial charge < -0.3 is 0 Å². The summed E-state index contributed by atoms with van der Waals surface area (Å²) in [5.41, 5.74) is 3.59. The highest BCUT2D eigenvalue weighted by Gasteiger charge is 2.23. The van der Waals surface area contributed by atoms with Crippen molar-refractivity contribution >= 4 is 34.0 Å². The molecule has 0 saturated carbocycles. The highest BCUT2D eigenvalue weighted by Crippen LogP contribution is 2.33. The van der Waals surface area contributed by atoms with Crippen LogP contribution >= 0.6 is 11.6 Å². The van der Waals surface area contributed by atoms with Gasteiger partial charge in [0.15, 0.2) is 5.82 Å². The Morgan fingerprint density at radius 2 is 2.26 bits per heavy atom. The first-order valence-electron chi connectivity index (χ1n) is 5.77. The van der Waals surface area contributed by atoms with Crippen molar-refractivity contribution in [1.29, 1.82) is 0 Å². The zero-order valence-corrected chi connectivity index (χ0v) is 11.0. The molecule has 1 aromatic heterocycles. The van der Waals surface area contributed by atoms with Gasteiger partial charge in [-0.25, -0.2) is 9.18 Å². The number of halogens is 2. The molecule has 0 spiro atoms. The number of anilines is 1. The standard InChI is InChI=1S/C12H10ClFN4O/c1-3-18-11-8-6(5(2)16-17-11)4-7(13)9(14)10(8)15-12(18)19/h4,17H,3H2,1-2H3. The molecule has 0 atom stereocenters. The van der Waals surface area contributed by atoms with Gasteiger partial charge in [-0.3, -0.25) is 9.99 Å². The summed E-state index contributed by atoms with van der Waals surface area (Å²) in [5.74, 6) is -0.229. The van der Waals surface area contributed by atoms with Gasteiger partial charge in [-0.1, -0.05) is 11.6 Å². The normalized spacial score (nSPS) is 13.4. The van der Waals surface area contributed by atoms with Crippen molar-refractivity contribution in [3.63, 3.8) is 0 Å². The van der Waals surface area contributed by atoms with E-state index in [1.807, 2.05) is 6.92 Å². The highest BCUT2D eigenvalue weighted by atomic mass is 35.5. The molecule has 0 fully saturated rings. The Bertz CT molecular complexity index is 797. The van der Waals surface area contributed by atoms with Crippen molar-refractivity contribution in [1.82, 2.24) is 9.55 Å². The summed E-state index contributed by atoms with van der Waals surface area (Å²) in [6, 6.07) is 1.51. The van der Waals surface area contributed by atoms with Crippen LogP contribution in [0.2, 0.25) is 5.02 Å². The number of hydrazone groups is 1. The molecular weight excluding hydrogens is 271 g/mol. The van der Waals surface area contributed by atoms with Crippen molar-refractivity contribution < 1.29 is 4.39 Å². The third-order valence-corrected chi connectivity index (χ3v) is 3.45. The maximum atomic E-state index is 14.1. The minimum Gasteiger partial charge on any atom is -0.277 e. The van der Waals surface area contributed by atoms with Crippen LogP contribution < -0.4 is 11.1 Å². The van der Waals surface area contributed by atoms with Crippen LogP contribution in [-0.4, -0.2) is 15.3 Å². The van der Waals surface area contributed by atoms with Gasteiger partial charge in [-0.2, -0.15) is 10.1 Å². The Labute approximate surface area is 112 Å². The molecule has 1 aliphatic heterocycles. The SMILES string of the molecule is CCn1c2c3c(cc(Cl)c(F)c3nc1=O)C(C)=NN2. The Kier molecular flexibility index (Phi) is 2.56. The molecule has 1 aliphatic rings. The van der Waals surface area contributed by atoms with E-state index in [1.54, 1.807) is 6.92 Å². The van der Waals surface area contributed by atoms with Gasteiger partial charge in [0, 0.05) is 12.1 Å². The smallest absolute Gasteiger partial charge is 0.277 e. The molecule has 0 unspecified atom stereocenters. The molecule has 19 heavy (non-hydrogen) atoms. The maximum absolute atomic E-state index is 14.1. The van der Waals surface area contributed by atoms with E-state index in [1.165, 1.54) is 10.6 Å². The van der Waals surface area contributed by atoms with E-state index in [0.717, 1.165) is 0 Å². The molecule has 7 heteroatoms. The second-order valence-corrected chi connectivity index (χ2v) is 4.65. The molecule has 0 saturated heterocycles. The van der Waals surface area contributed by atoms with Gasteiger partial charge in [0.25, 0.3) is 0 Å². The molecule has 1 N–H and O–H groups in total. The molecule has 0 amide bonds. The minimum absolute atomic E-state index is 0.0195. The largest absolute Gasteiger partial charge is 0.349 e. The average molecular weight is 281 g/mol. The third-order valence-electron chi connectivity index (χ3n) is 3.18. The molecule has 3 rings (SSSR count). The second-order valence-electron chi connectivity index (χ2n) is 4.24. The van der Waals surface area contributed by atoms with Crippen LogP contribution in [0.1, 0.15) is 19.4 Å². The predicted molar refractivity (Wildman–Crippen MR) is 72.5 cm³/mol. The molecule has 2 heterocycles. The summed E-state index contributed by atoms with van der Waals surface area (Å²) in [7, 11) is 0. The van der Waals surface area contributed by atoms with Crippen molar-refractivity contribution in [2.24, 2.45) is 5.10 Å². The van der Waals surface area contributed by atoms with Crippen LogP contribution in [0, 0.1) is 5.82 Å². The lowest BCUT2D eigenvalue weighted by molar-refractivity contribution is 0.632. The summed E-state index contributed by atoms with van der Waals surface area (Å²) in [6.45, 7) is 4.01. The van der Waals surface area contributed by atoms with Crippen LogP contribution in [0.25, 0.3) is 10.9 Å². The number of nitrogens with one attached hydrogen (secondary N) is 1. The van der Waals surface area contributed by atoms with Crippen LogP contribution in [-0.2, 0) is 6.54 Å². The first-order chi connectivity index (χ1) is 9.04. The van der Waals surface area contributed by atoms with E-state index in [2.05, 4.69) is 15.5 Å². The van der Waals surface area contributed by atoms with E-state index < -0.39 is 11.5 Å². The molecule has 2 aromatic rings. The highest BCUT2D eigenvalue weighted by molar-refractivity contribution is 6.32. The monoisotopic (exact) mass is 280 g/mol. The summed E-state index contributed by atoms with van der Waals surface area (Å²) >= 11 is 5.84. The molecule has 98 valence electrons. The van der Waals surface area contributed by atoms with Gasteiger partial charge in [0.05, 0.1) is 16.1 Å². The lowest BCUT2D eigenvalue weighted by Gasteiger charge is -2.20. The lowest BCUT2D eigenvalue weighted by atomic mass is 10.0. The van der Waals surface area contributed by atoms with Crippen LogP contribution in [0.3, 0.4) is 0 Å². The molecule has 1 aromatic carbocycles. The Morgan fingerprint density at radius 1 is 1.53 bits per heavy atom. The van der Waals surface area contributed by atoms with Gasteiger partial charge in [0.1, 0.15) is 11.3 Å². The maximum Gasteiger partial charge on any atom is 0.349 e. The third kappa shape index (κ3) is 1.56. The van der Waals surface area contributed by atoms with Crippen LogP contribution in [0.15, 0.2) is 16.0 Å². The van der Waals surface area contributed by atoms with Crippen molar-refractivity contribution in [2.75, 3.05) is 5.43 Å². The van der Waals surface area contributed by atoms with Crippen molar-refractivity contribution in [3.8, 4) is 0 Å². The van der Waals surface area contributed by atoms with Crippen LogP contribution in [0.4, 0.5) is 10.2 Å². The average Bonchev–Trinajstić information content (AvgIpc) is 2.38. The first kappa shape index (κ1) is 12.1. The predicted octanol–water partition coefficient (Wildman–Crippen LogP) is 2.36. The number of benzene rings is 1. The number of nitrogens with zero attached hydrogens (tertiary/aromatic N) is 3. The minimum atomic E-state index is -0.682. The van der Waals surface area contributed by atoms with Crippen molar-refractivity contribution in [2.45, 2.75) is 20.4 Å². The fraction of sp³-hybridized carbons (Fsp3) is 0.250. The lowest BCUT2D eigenvalue weighted by Crippen LogP contribution is -2.27. The quantitative estimate of drug-likeness (QED) is 0.872. The fourth-order valence-corrected chi connectivity index (χ4v) is 2.43. The molecule has 0 bridgehead atoms. The summed E-state index contributed by atoms with van der Waals surface area (Å²) in [4.78, 5) is 15.7. The molecule has 5 nitrogen and oxygen atoms in total. The Balaban J connectivity index is 2.59. The topological polar surface area (TPSA) is 59.3 Å².